The number of hydrogen-bond acceptors (Lipinski definition) is 5. The molecule has 126 valence electrons. The lowest BCUT2D eigenvalue weighted by Crippen LogP contribution is -2.54. The van der Waals surface area contributed by atoms with E-state index in [-0.39, 0.29) is 17.2 Å². The van der Waals surface area contributed by atoms with Crippen molar-refractivity contribution in [3.63, 3.8) is 0 Å². The van der Waals surface area contributed by atoms with Crippen molar-refractivity contribution in [2.24, 2.45) is 0 Å². The monoisotopic (exact) mass is 339 g/mol. The van der Waals surface area contributed by atoms with Gasteiger partial charge in [-0.05, 0) is 46.0 Å². The van der Waals surface area contributed by atoms with Crippen molar-refractivity contribution < 1.29 is 19.1 Å². The van der Waals surface area contributed by atoms with Crippen molar-refractivity contribution in [1.29, 1.82) is 0 Å². The van der Waals surface area contributed by atoms with Crippen LogP contribution in [0.4, 0.5) is 4.79 Å². The molecular weight excluding hydrogens is 318 g/mol. The van der Waals surface area contributed by atoms with E-state index in [0.717, 1.165) is 0 Å². The van der Waals surface area contributed by atoms with Crippen LogP contribution in [0.15, 0.2) is 24.3 Å². The summed E-state index contributed by atoms with van der Waals surface area (Å²) in [6, 6.07) is -0.577. The summed E-state index contributed by atoms with van der Waals surface area (Å²) in [6.07, 6.45) is 2.23. The molecule has 0 unspecified atom stereocenters. The maximum Gasteiger partial charge on any atom is 0.408 e. The molecule has 0 aromatic heterocycles. The van der Waals surface area contributed by atoms with Crippen LogP contribution in [0.5, 0.6) is 0 Å². The van der Waals surface area contributed by atoms with E-state index in [1.54, 1.807) is 27.7 Å². The molecule has 1 aliphatic heterocycles. The standard InChI is InChI=1S/C15H21N3O4S/c1-6-7-18-12(20)10(11(19)17-13(18)23)8-9(2)16-14(21)22-15(3,4)5/h6,8-9H,1,7H2,2-5H3,(H,16,21)(H,17,19,23)/b10-8+/t9-/m0/s1. The second-order valence-corrected chi connectivity index (χ2v) is 6.37. The topological polar surface area (TPSA) is 87.7 Å². The molecule has 8 heteroatoms. The van der Waals surface area contributed by atoms with Crippen molar-refractivity contribution in [3.05, 3.63) is 24.3 Å². The molecule has 0 aliphatic carbocycles. The molecule has 3 amide bonds. The second-order valence-electron chi connectivity index (χ2n) is 5.98. The third kappa shape index (κ3) is 5.48. The number of ether oxygens (including phenoxy) is 1. The average molecular weight is 339 g/mol. The van der Waals surface area contributed by atoms with Crippen LogP contribution in [0.1, 0.15) is 27.7 Å². The lowest BCUT2D eigenvalue weighted by atomic mass is 10.1. The summed E-state index contributed by atoms with van der Waals surface area (Å²) in [4.78, 5) is 37.2. The first-order chi connectivity index (χ1) is 10.5. The van der Waals surface area contributed by atoms with E-state index in [0.29, 0.717) is 0 Å². The molecule has 0 saturated carbocycles. The molecule has 23 heavy (non-hydrogen) atoms. The lowest BCUT2D eigenvalue weighted by molar-refractivity contribution is -0.128. The summed E-state index contributed by atoms with van der Waals surface area (Å²) in [6.45, 7) is 10.6. The molecule has 1 rings (SSSR count). The highest BCUT2D eigenvalue weighted by Gasteiger charge is 2.33. The molecule has 1 atom stereocenters. The fourth-order valence-corrected chi connectivity index (χ4v) is 2.04. The molecule has 0 radical (unpaired) electrons. The Morgan fingerprint density at radius 1 is 1.48 bits per heavy atom. The van der Waals surface area contributed by atoms with Gasteiger partial charge in [-0.25, -0.2) is 4.79 Å². The molecule has 2 N–H and O–H groups in total. The second kappa shape index (κ2) is 7.36. The minimum absolute atomic E-state index is 0.0322. The summed E-state index contributed by atoms with van der Waals surface area (Å²) in [5.74, 6) is -1.13. The van der Waals surface area contributed by atoms with Gasteiger partial charge in [0.2, 0.25) is 0 Å². The minimum atomic E-state index is -0.637. The Balaban J connectivity index is 2.85. The fraction of sp³-hybridized carbons (Fsp3) is 0.467. The maximum atomic E-state index is 12.3. The Morgan fingerprint density at radius 2 is 2.09 bits per heavy atom. The number of hydrogen-bond donors (Lipinski definition) is 2. The quantitative estimate of drug-likeness (QED) is 0.348. The van der Waals surface area contributed by atoms with Crippen LogP contribution in [-0.4, -0.2) is 46.1 Å². The number of carbonyl (C=O) groups excluding carboxylic acids is 3. The number of alkyl carbamates (subject to hydrolysis) is 1. The van der Waals surface area contributed by atoms with Gasteiger partial charge in [0.15, 0.2) is 5.11 Å². The summed E-state index contributed by atoms with van der Waals surface area (Å²) in [7, 11) is 0. The molecule has 0 aromatic rings. The minimum Gasteiger partial charge on any atom is -0.444 e. The maximum absolute atomic E-state index is 12.3. The SMILES string of the molecule is C=CCN1C(=O)/C(=C/[C@H](C)NC(=O)OC(C)(C)C)C(=O)NC1=S. The highest BCUT2D eigenvalue weighted by Crippen LogP contribution is 2.12. The van der Waals surface area contributed by atoms with Crippen LogP contribution in [0.2, 0.25) is 0 Å². The third-order valence-corrected chi connectivity index (χ3v) is 2.98. The molecule has 1 heterocycles. The predicted octanol–water partition coefficient (Wildman–Crippen LogP) is 1.26. The van der Waals surface area contributed by atoms with Gasteiger partial charge in [0.25, 0.3) is 11.8 Å². The number of amides is 3. The predicted molar refractivity (Wildman–Crippen MR) is 89.6 cm³/mol. The Bertz CT molecular complexity index is 578. The first-order valence-corrected chi connectivity index (χ1v) is 7.45. The van der Waals surface area contributed by atoms with Gasteiger partial charge < -0.3 is 10.1 Å². The van der Waals surface area contributed by atoms with E-state index in [1.807, 2.05) is 0 Å². The number of rotatable bonds is 4. The van der Waals surface area contributed by atoms with Crippen molar-refractivity contribution in [2.45, 2.75) is 39.3 Å². The number of nitrogens with one attached hydrogen (secondary N) is 2. The van der Waals surface area contributed by atoms with Gasteiger partial charge in [0, 0.05) is 12.6 Å². The molecule has 1 fully saturated rings. The zero-order valence-electron chi connectivity index (χ0n) is 13.6. The van der Waals surface area contributed by atoms with Gasteiger partial charge >= 0.3 is 6.09 Å². The first kappa shape index (κ1) is 18.8. The van der Waals surface area contributed by atoms with Gasteiger partial charge in [-0.1, -0.05) is 6.08 Å². The fourth-order valence-electron chi connectivity index (χ4n) is 1.79. The third-order valence-electron chi connectivity index (χ3n) is 2.66. The molecule has 0 bridgehead atoms. The summed E-state index contributed by atoms with van der Waals surface area (Å²) in [5, 5.41) is 5.00. The van der Waals surface area contributed by atoms with Crippen LogP contribution in [0.3, 0.4) is 0 Å². The molecule has 0 aromatic carbocycles. The Morgan fingerprint density at radius 3 is 2.61 bits per heavy atom. The van der Waals surface area contributed by atoms with Gasteiger partial charge in [-0.3, -0.25) is 19.8 Å². The van der Waals surface area contributed by atoms with Crippen molar-refractivity contribution in [3.8, 4) is 0 Å². The average Bonchev–Trinajstić information content (AvgIpc) is 2.37. The van der Waals surface area contributed by atoms with Crippen molar-refractivity contribution in [2.75, 3.05) is 6.54 Å². The van der Waals surface area contributed by atoms with E-state index in [4.69, 9.17) is 17.0 Å². The highest BCUT2D eigenvalue weighted by atomic mass is 32.1. The van der Waals surface area contributed by atoms with Crippen molar-refractivity contribution >= 4 is 35.2 Å². The summed E-state index contributed by atoms with van der Waals surface area (Å²) >= 11 is 4.95. The summed E-state index contributed by atoms with van der Waals surface area (Å²) in [5.41, 5.74) is -0.730. The summed E-state index contributed by atoms with van der Waals surface area (Å²) < 4.78 is 5.12. The first-order valence-electron chi connectivity index (χ1n) is 7.04. The van der Waals surface area contributed by atoms with Crippen molar-refractivity contribution in [1.82, 2.24) is 15.5 Å². The Hall–Kier alpha value is -2.22. The van der Waals surface area contributed by atoms with Crippen LogP contribution in [0.25, 0.3) is 0 Å². The Labute approximate surface area is 140 Å². The zero-order valence-corrected chi connectivity index (χ0v) is 14.5. The van der Waals surface area contributed by atoms with Gasteiger partial charge in [0.1, 0.15) is 11.2 Å². The zero-order chi connectivity index (χ0) is 17.8. The van der Waals surface area contributed by atoms with Gasteiger partial charge in [-0.2, -0.15) is 0 Å². The Kier molecular flexibility index (Phi) is 6.03. The molecule has 1 saturated heterocycles. The smallest absolute Gasteiger partial charge is 0.408 e. The highest BCUT2D eigenvalue weighted by molar-refractivity contribution is 7.80. The number of thiocarbonyl (C=S) groups is 1. The largest absolute Gasteiger partial charge is 0.444 e. The molecule has 1 aliphatic rings. The van der Waals surface area contributed by atoms with E-state index < -0.39 is 29.6 Å². The van der Waals surface area contributed by atoms with E-state index in [9.17, 15) is 14.4 Å². The number of nitrogens with zero attached hydrogens (tertiary/aromatic N) is 1. The van der Waals surface area contributed by atoms with Gasteiger partial charge in [0.05, 0.1) is 0 Å². The van der Waals surface area contributed by atoms with Crippen LogP contribution < -0.4 is 10.6 Å². The van der Waals surface area contributed by atoms with E-state index >= 15 is 0 Å². The van der Waals surface area contributed by atoms with E-state index in [1.165, 1.54) is 17.1 Å². The lowest BCUT2D eigenvalue weighted by Gasteiger charge is -2.28. The van der Waals surface area contributed by atoms with Crippen LogP contribution in [0, 0.1) is 0 Å². The van der Waals surface area contributed by atoms with Crippen LogP contribution >= 0.6 is 12.2 Å². The molecule has 0 spiro atoms. The molecule has 7 nitrogen and oxygen atoms in total. The molecular formula is C15H21N3O4S. The normalized spacial score (nSPS) is 18.5. The van der Waals surface area contributed by atoms with Crippen LogP contribution in [-0.2, 0) is 14.3 Å². The van der Waals surface area contributed by atoms with Gasteiger partial charge in [-0.15, -0.1) is 6.58 Å². The van der Waals surface area contributed by atoms with E-state index in [2.05, 4.69) is 17.2 Å². The number of carbonyl (C=O) groups is 3.